The molecule has 2 rings (SSSR count). The quantitative estimate of drug-likeness (QED) is 0.892. The van der Waals surface area contributed by atoms with Crippen molar-refractivity contribution in [3.8, 4) is 0 Å². The van der Waals surface area contributed by atoms with Crippen LogP contribution in [0.5, 0.6) is 0 Å². The van der Waals surface area contributed by atoms with Crippen molar-refractivity contribution >= 4 is 27.5 Å². The van der Waals surface area contributed by atoms with Gasteiger partial charge in [0.25, 0.3) is 0 Å². The van der Waals surface area contributed by atoms with Gasteiger partial charge in [-0.15, -0.1) is 0 Å². The fraction of sp³-hybridized carbons (Fsp3) is 0.571. The second-order valence-corrected chi connectivity index (χ2v) is 6.37. The molecule has 0 aliphatic carbocycles. The molecule has 0 spiro atoms. The molecule has 1 aromatic rings. The van der Waals surface area contributed by atoms with Crippen molar-refractivity contribution in [1.82, 2.24) is 4.90 Å². The first-order chi connectivity index (χ1) is 8.63. The van der Waals surface area contributed by atoms with Crippen molar-refractivity contribution in [3.05, 3.63) is 33.3 Å². The summed E-state index contributed by atoms with van der Waals surface area (Å²) in [4.78, 5) is 2.43. The summed E-state index contributed by atoms with van der Waals surface area (Å²) in [5.41, 5.74) is 7.28. The average Bonchev–Trinajstić information content (AvgIpc) is 2.51. The summed E-state index contributed by atoms with van der Waals surface area (Å²) in [6, 6.07) is 6.46. The molecule has 2 unspecified atom stereocenters. The molecule has 1 aromatic carbocycles. The summed E-state index contributed by atoms with van der Waals surface area (Å²) in [5, 5.41) is 0.770. The molecule has 4 heteroatoms. The summed E-state index contributed by atoms with van der Waals surface area (Å²) < 4.78 is 1.09. The number of nitrogens with zero attached hydrogens (tertiary/aromatic N) is 1. The molecule has 1 saturated heterocycles. The third kappa shape index (κ3) is 3.08. The lowest BCUT2D eigenvalue weighted by Gasteiger charge is -2.33. The van der Waals surface area contributed by atoms with Gasteiger partial charge in [0.1, 0.15) is 0 Å². The summed E-state index contributed by atoms with van der Waals surface area (Å²) in [6.45, 7) is 1.88. The molecular formula is C14H20BrClN2. The van der Waals surface area contributed by atoms with Crippen molar-refractivity contribution < 1.29 is 0 Å². The number of likely N-dealkylation sites (tertiary alicyclic amines) is 1. The van der Waals surface area contributed by atoms with Crippen LogP contribution in [0.1, 0.15) is 30.9 Å². The highest BCUT2D eigenvalue weighted by Crippen LogP contribution is 2.37. The Labute approximate surface area is 123 Å². The Hall–Kier alpha value is -0.0900. The van der Waals surface area contributed by atoms with Gasteiger partial charge >= 0.3 is 0 Å². The molecule has 0 aromatic heterocycles. The summed E-state index contributed by atoms with van der Waals surface area (Å²) >= 11 is 9.67. The molecule has 2 atom stereocenters. The molecule has 2 nitrogen and oxygen atoms in total. The summed E-state index contributed by atoms with van der Waals surface area (Å²) in [7, 11) is 2.19. The lowest BCUT2D eigenvalue weighted by Crippen LogP contribution is -2.33. The Morgan fingerprint density at radius 1 is 1.44 bits per heavy atom. The molecule has 2 N–H and O–H groups in total. The zero-order valence-corrected chi connectivity index (χ0v) is 13.0. The SMILES string of the molecule is CN1CCCCC(CN)C1c1ccc(Cl)cc1Br. The molecule has 100 valence electrons. The van der Waals surface area contributed by atoms with Crippen LogP contribution >= 0.6 is 27.5 Å². The van der Waals surface area contributed by atoms with E-state index in [0.29, 0.717) is 12.0 Å². The second-order valence-electron chi connectivity index (χ2n) is 5.08. The van der Waals surface area contributed by atoms with Crippen molar-refractivity contribution in [2.45, 2.75) is 25.3 Å². The van der Waals surface area contributed by atoms with Crippen LogP contribution in [-0.2, 0) is 0 Å². The lowest BCUT2D eigenvalue weighted by molar-refractivity contribution is 0.195. The summed E-state index contributed by atoms with van der Waals surface area (Å²) in [5.74, 6) is 0.523. The van der Waals surface area contributed by atoms with Crippen LogP contribution in [0.4, 0.5) is 0 Å². The van der Waals surface area contributed by atoms with E-state index >= 15 is 0 Å². The first kappa shape index (κ1) is 14.3. The fourth-order valence-electron chi connectivity index (χ4n) is 2.90. The highest BCUT2D eigenvalue weighted by atomic mass is 79.9. The highest BCUT2D eigenvalue weighted by Gasteiger charge is 2.29. The lowest BCUT2D eigenvalue weighted by atomic mass is 9.89. The average molecular weight is 332 g/mol. The molecule has 1 heterocycles. The molecule has 0 amide bonds. The van der Waals surface area contributed by atoms with E-state index in [1.165, 1.54) is 24.8 Å². The van der Waals surface area contributed by atoms with Crippen LogP contribution in [-0.4, -0.2) is 25.0 Å². The van der Waals surface area contributed by atoms with Gasteiger partial charge in [-0.3, -0.25) is 4.90 Å². The topological polar surface area (TPSA) is 29.3 Å². The molecule has 1 aliphatic rings. The number of benzene rings is 1. The maximum atomic E-state index is 6.03. The minimum atomic E-state index is 0.393. The summed E-state index contributed by atoms with van der Waals surface area (Å²) in [6.07, 6.45) is 3.74. The van der Waals surface area contributed by atoms with Gasteiger partial charge < -0.3 is 5.73 Å². The van der Waals surface area contributed by atoms with Crippen LogP contribution in [0.15, 0.2) is 22.7 Å². The van der Waals surface area contributed by atoms with E-state index in [2.05, 4.69) is 33.9 Å². The van der Waals surface area contributed by atoms with E-state index in [-0.39, 0.29) is 0 Å². The highest BCUT2D eigenvalue weighted by molar-refractivity contribution is 9.10. The maximum absolute atomic E-state index is 6.03. The number of hydrogen-bond donors (Lipinski definition) is 1. The molecule has 0 bridgehead atoms. The van der Waals surface area contributed by atoms with Crippen molar-refractivity contribution in [1.29, 1.82) is 0 Å². The number of hydrogen-bond acceptors (Lipinski definition) is 2. The Bertz CT molecular complexity index is 411. The van der Waals surface area contributed by atoms with E-state index in [1.54, 1.807) is 0 Å². The molecule has 0 radical (unpaired) electrons. The molecule has 1 fully saturated rings. The standard InChI is InChI=1S/C14H20BrClN2/c1-18-7-3-2-4-10(9-17)14(18)12-6-5-11(16)8-13(12)15/h5-6,8,10,14H,2-4,7,9,17H2,1H3. The van der Waals surface area contributed by atoms with E-state index in [4.69, 9.17) is 17.3 Å². The Kier molecular flexibility index (Phi) is 5.07. The Morgan fingerprint density at radius 3 is 2.89 bits per heavy atom. The van der Waals surface area contributed by atoms with Gasteiger partial charge in [0.2, 0.25) is 0 Å². The van der Waals surface area contributed by atoms with Gasteiger partial charge in [-0.25, -0.2) is 0 Å². The zero-order valence-electron chi connectivity index (χ0n) is 10.7. The minimum Gasteiger partial charge on any atom is -0.330 e. The van der Waals surface area contributed by atoms with Crippen LogP contribution in [0.3, 0.4) is 0 Å². The van der Waals surface area contributed by atoms with Crippen LogP contribution in [0.25, 0.3) is 0 Å². The van der Waals surface area contributed by atoms with Gasteiger partial charge in [-0.05, 0) is 56.6 Å². The maximum Gasteiger partial charge on any atom is 0.0417 e. The van der Waals surface area contributed by atoms with Gasteiger partial charge in [-0.2, -0.15) is 0 Å². The predicted molar refractivity (Wildman–Crippen MR) is 80.9 cm³/mol. The normalized spacial score (nSPS) is 26.0. The van der Waals surface area contributed by atoms with Crippen molar-refractivity contribution in [2.75, 3.05) is 20.1 Å². The number of halogens is 2. The first-order valence-electron chi connectivity index (χ1n) is 6.48. The molecule has 1 aliphatic heterocycles. The minimum absolute atomic E-state index is 0.393. The van der Waals surface area contributed by atoms with Crippen LogP contribution < -0.4 is 5.73 Å². The van der Waals surface area contributed by atoms with E-state index in [9.17, 15) is 0 Å². The number of rotatable bonds is 2. The monoisotopic (exact) mass is 330 g/mol. The Balaban J connectivity index is 2.36. The Morgan fingerprint density at radius 2 is 2.22 bits per heavy atom. The van der Waals surface area contributed by atoms with E-state index < -0.39 is 0 Å². The van der Waals surface area contributed by atoms with Crippen molar-refractivity contribution in [2.24, 2.45) is 11.7 Å². The predicted octanol–water partition coefficient (Wildman–Crippen LogP) is 3.83. The van der Waals surface area contributed by atoms with Crippen LogP contribution in [0.2, 0.25) is 5.02 Å². The smallest absolute Gasteiger partial charge is 0.0417 e. The largest absolute Gasteiger partial charge is 0.330 e. The van der Waals surface area contributed by atoms with Crippen LogP contribution in [0, 0.1) is 5.92 Å². The zero-order chi connectivity index (χ0) is 13.1. The molecular weight excluding hydrogens is 312 g/mol. The second kappa shape index (κ2) is 6.38. The molecule has 0 saturated carbocycles. The molecule has 18 heavy (non-hydrogen) atoms. The van der Waals surface area contributed by atoms with Gasteiger partial charge in [0, 0.05) is 15.5 Å². The first-order valence-corrected chi connectivity index (χ1v) is 7.66. The van der Waals surface area contributed by atoms with Crippen molar-refractivity contribution in [3.63, 3.8) is 0 Å². The van der Waals surface area contributed by atoms with Gasteiger partial charge in [0.05, 0.1) is 0 Å². The van der Waals surface area contributed by atoms with Gasteiger partial charge in [0.15, 0.2) is 0 Å². The fourth-order valence-corrected chi connectivity index (χ4v) is 3.82. The van der Waals surface area contributed by atoms with Gasteiger partial charge in [-0.1, -0.05) is 40.0 Å². The third-order valence-electron chi connectivity index (χ3n) is 3.84. The van der Waals surface area contributed by atoms with E-state index in [0.717, 1.165) is 22.6 Å². The van der Waals surface area contributed by atoms with E-state index in [1.807, 2.05) is 12.1 Å². The third-order valence-corrected chi connectivity index (χ3v) is 4.76. The number of nitrogens with two attached hydrogens (primary N) is 1.